The fourth-order valence-corrected chi connectivity index (χ4v) is 3.33. The van der Waals surface area contributed by atoms with Crippen molar-refractivity contribution in [3.63, 3.8) is 0 Å². The topological polar surface area (TPSA) is 67.8 Å². The Bertz CT molecular complexity index is 584. The summed E-state index contributed by atoms with van der Waals surface area (Å²) in [6.07, 6.45) is 7.60. The van der Waals surface area contributed by atoms with Crippen LogP contribution in [0.4, 0.5) is 0 Å². The smallest absolute Gasteiger partial charge is 0.276 e. The fraction of sp³-hybridized carbons (Fsp3) is 0.562. The lowest BCUT2D eigenvalue weighted by Gasteiger charge is -2.11. The third kappa shape index (κ3) is 5.02. The van der Waals surface area contributed by atoms with Crippen molar-refractivity contribution in [1.29, 1.82) is 0 Å². The Labute approximate surface area is 132 Å². The molecule has 22 heavy (non-hydrogen) atoms. The van der Waals surface area contributed by atoms with E-state index in [9.17, 15) is 8.42 Å². The molecule has 1 saturated carbocycles. The van der Waals surface area contributed by atoms with E-state index in [1.807, 2.05) is 6.92 Å². The molecule has 0 aromatic heterocycles. The van der Waals surface area contributed by atoms with Crippen LogP contribution in [0.25, 0.3) is 0 Å². The van der Waals surface area contributed by atoms with E-state index in [0.29, 0.717) is 12.4 Å². The van der Waals surface area contributed by atoms with Gasteiger partial charge in [-0.25, -0.2) is 4.83 Å². The molecule has 1 aromatic carbocycles. The van der Waals surface area contributed by atoms with Gasteiger partial charge in [-0.3, -0.25) is 0 Å². The number of nitrogens with one attached hydrogen (secondary N) is 1. The first-order valence-electron chi connectivity index (χ1n) is 7.92. The molecular weight excluding hydrogens is 300 g/mol. The van der Waals surface area contributed by atoms with Crippen molar-refractivity contribution >= 4 is 15.7 Å². The maximum Gasteiger partial charge on any atom is 0.276 e. The lowest BCUT2D eigenvalue weighted by Crippen LogP contribution is -2.20. The largest absolute Gasteiger partial charge is 0.494 e. The van der Waals surface area contributed by atoms with Gasteiger partial charge >= 0.3 is 0 Å². The number of hydrazone groups is 1. The van der Waals surface area contributed by atoms with E-state index in [0.717, 1.165) is 31.4 Å². The van der Waals surface area contributed by atoms with Crippen molar-refractivity contribution < 1.29 is 13.2 Å². The summed E-state index contributed by atoms with van der Waals surface area (Å²) in [5.74, 6) is 0.660. The van der Waals surface area contributed by atoms with Crippen molar-refractivity contribution in [2.45, 2.75) is 56.8 Å². The molecule has 0 unspecified atom stereocenters. The highest BCUT2D eigenvalue weighted by molar-refractivity contribution is 7.89. The zero-order chi connectivity index (χ0) is 15.8. The Morgan fingerprint density at radius 2 is 1.64 bits per heavy atom. The van der Waals surface area contributed by atoms with E-state index >= 15 is 0 Å². The molecule has 2 rings (SSSR count). The van der Waals surface area contributed by atoms with E-state index in [1.165, 1.54) is 31.4 Å². The first-order chi connectivity index (χ1) is 10.6. The summed E-state index contributed by atoms with van der Waals surface area (Å²) in [5, 5.41) is 4.14. The third-order valence-electron chi connectivity index (χ3n) is 3.70. The van der Waals surface area contributed by atoms with Gasteiger partial charge in [0.15, 0.2) is 0 Å². The molecule has 0 bridgehead atoms. The van der Waals surface area contributed by atoms with Crippen LogP contribution in [0.1, 0.15) is 51.9 Å². The van der Waals surface area contributed by atoms with E-state index in [4.69, 9.17) is 4.74 Å². The molecule has 0 aliphatic heterocycles. The molecule has 1 fully saturated rings. The quantitative estimate of drug-likeness (QED) is 0.843. The van der Waals surface area contributed by atoms with E-state index in [-0.39, 0.29) is 4.90 Å². The Morgan fingerprint density at radius 3 is 2.23 bits per heavy atom. The highest BCUT2D eigenvalue weighted by Crippen LogP contribution is 2.17. The number of sulfonamides is 1. The van der Waals surface area contributed by atoms with Gasteiger partial charge in [0.05, 0.1) is 11.5 Å². The number of hydrogen-bond acceptors (Lipinski definition) is 4. The molecular formula is C16H24N2O3S. The molecule has 1 aromatic rings. The number of rotatable bonds is 5. The molecule has 1 N–H and O–H groups in total. The predicted molar refractivity (Wildman–Crippen MR) is 87.7 cm³/mol. The van der Waals surface area contributed by atoms with E-state index in [1.54, 1.807) is 12.1 Å². The maximum absolute atomic E-state index is 12.2. The zero-order valence-electron chi connectivity index (χ0n) is 13.0. The minimum Gasteiger partial charge on any atom is -0.494 e. The standard InChI is InChI=1S/C16H24N2O3S/c1-2-21-15-10-12-16(13-11-15)22(19,20)18-17-14-8-6-4-3-5-7-9-14/h10-13,18H,2-9H2,1H3. The van der Waals surface area contributed by atoms with E-state index < -0.39 is 10.0 Å². The van der Waals surface area contributed by atoms with Crippen LogP contribution in [-0.4, -0.2) is 20.7 Å². The molecule has 6 heteroatoms. The lowest BCUT2D eigenvalue weighted by molar-refractivity contribution is 0.340. The summed E-state index contributed by atoms with van der Waals surface area (Å²) in [7, 11) is -3.61. The van der Waals surface area contributed by atoms with Crippen LogP contribution in [0.15, 0.2) is 34.3 Å². The van der Waals surface area contributed by atoms with Gasteiger partial charge in [-0.2, -0.15) is 13.5 Å². The molecule has 1 aliphatic rings. The average molecular weight is 324 g/mol. The SMILES string of the molecule is CCOc1ccc(S(=O)(=O)NN=C2CCCCCCC2)cc1. The van der Waals surface area contributed by atoms with E-state index in [2.05, 4.69) is 9.93 Å². The van der Waals surface area contributed by atoms with Gasteiger partial charge in [0.25, 0.3) is 10.0 Å². The van der Waals surface area contributed by atoms with Crippen molar-refractivity contribution in [1.82, 2.24) is 4.83 Å². The van der Waals surface area contributed by atoms with Crippen LogP contribution in [0.2, 0.25) is 0 Å². The van der Waals surface area contributed by atoms with Gasteiger partial charge in [0.2, 0.25) is 0 Å². The number of benzene rings is 1. The molecule has 0 spiro atoms. The van der Waals surface area contributed by atoms with Gasteiger partial charge in [-0.15, -0.1) is 0 Å². The van der Waals surface area contributed by atoms with Gasteiger partial charge in [0, 0.05) is 5.71 Å². The Balaban J connectivity index is 2.03. The zero-order valence-corrected chi connectivity index (χ0v) is 13.9. The lowest BCUT2D eigenvalue weighted by atomic mass is 9.99. The second-order valence-corrected chi connectivity index (χ2v) is 7.11. The van der Waals surface area contributed by atoms with Gasteiger partial charge in [-0.1, -0.05) is 19.3 Å². The number of nitrogens with zero attached hydrogens (tertiary/aromatic N) is 1. The number of hydrogen-bond donors (Lipinski definition) is 1. The molecule has 0 radical (unpaired) electrons. The van der Waals surface area contributed by atoms with Gasteiger partial charge in [0.1, 0.15) is 5.75 Å². The summed E-state index contributed by atoms with van der Waals surface area (Å²) in [6.45, 7) is 2.44. The maximum atomic E-state index is 12.2. The summed E-state index contributed by atoms with van der Waals surface area (Å²) in [5.41, 5.74) is 0.953. The molecule has 1 aliphatic carbocycles. The Kier molecular flexibility index (Phi) is 6.24. The highest BCUT2D eigenvalue weighted by atomic mass is 32.2. The summed E-state index contributed by atoms with van der Waals surface area (Å²) in [4.78, 5) is 2.56. The first kappa shape index (κ1) is 16.8. The number of ether oxygens (including phenoxy) is 1. The van der Waals surface area contributed by atoms with Crippen LogP contribution < -0.4 is 9.57 Å². The third-order valence-corrected chi connectivity index (χ3v) is 4.92. The minimum atomic E-state index is -3.61. The monoisotopic (exact) mass is 324 g/mol. The van der Waals surface area contributed by atoms with Crippen molar-refractivity contribution in [3.8, 4) is 5.75 Å². The minimum absolute atomic E-state index is 0.200. The van der Waals surface area contributed by atoms with Crippen LogP contribution in [0.3, 0.4) is 0 Å². The summed E-state index contributed by atoms with van der Waals surface area (Å²) >= 11 is 0. The van der Waals surface area contributed by atoms with Crippen molar-refractivity contribution in [3.05, 3.63) is 24.3 Å². The Hall–Kier alpha value is -1.56. The summed E-state index contributed by atoms with van der Waals surface area (Å²) < 4.78 is 29.8. The molecule has 5 nitrogen and oxygen atoms in total. The van der Waals surface area contributed by atoms with Crippen molar-refractivity contribution in [2.24, 2.45) is 5.10 Å². The average Bonchev–Trinajstić information content (AvgIpc) is 2.47. The Morgan fingerprint density at radius 1 is 1.05 bits per heavy atom. The molecule has 0 amide bonds. The second kappa shape index (κ2) is 8.17. The summed E-state index contributed by atoms with van der Waals surface area (Å²) in [6, 6.07) is 6.37. The molecule has 0 atom stereocenters. The highest BCUT2D eigenvalue weighted by Gasteiger charge is 2.14. The molecule has 0 heterocycles. The van der Waals surface area contributed by atoms with Crippen LogP contribution >= 0.6 is 0 Å². The van der Waals surface area contributed by atoms with Gasteiger partial charge in [-0.05, 0) is 56.9 Å². The van der Waals surface area contributed by atoms with Crippen LogP contribution in [0, 0.1) is 0 Å². The van der Waals surface area contributed by atoms with Crippen molar-refractivity contribution in [2.75, 3.05) is 6.61 Å². The normalized spacial score (nSPS) is 16.5. The first-order valence-corrected chi connectivity index (χ1v) is 9.40. The molecule has 0 saturated heterocycles. The second-order valence-electron chi connectivity index (χ2n) is 5.44. The van der Waals surface area contributed by atoms with Crippen LogP contribution in [-0.2, 0) is 10.0 Å². The van der Waals surface area contributed by atoms with Crippen LogP contribution in [0.5, 0.6) is 5.75 Å². The molecule has 122 valence electrons. The fourth-order valence-electron chi connectivity index (χ4n) is 2.48. The predicted octanol–water partition coefficient (Wildman–Crippen LogP) is 3.46. The van der Waals surface area contributed by atoms with Gasteiger partial charge < -0.3 is 4.74 Å².